The molecule has 5 nitrogen and oxygen atoms in total. The van der Waals surface area contributed by atoms with Crippen molar-refractivity contribution in [3.63, 3.8) is 0 Å². The number of Topliss-reactive ketones (excluding diaryl/α,β-unsaturated/α-hetero) is 1. The van der Waals surface area contributed by atoms with Gasteiger partial charge in [0.25, 0.3) is 0 Å². The van der Waals surface area contributed by atoms with E-state index in [0.29, 0.717) is 18.4 Å². The van der Waals surface area contributed by atoms with Gasteiger partial charge in [0.15, 0.2) is 5.78 Å². The van der Waals surface area contributed by atoms with Crippen LogP contribution in [0.5, 0.6) is 0 Å². The van der Waals surface area contributed by atoms with E-state index < -0.39 is 41.2 Å². The molecule has 1 aliphatic carbocycles. The molecule has 0 unspecified atom stereocenters. The molecule has 1 aliphatic heterocycles. The van der Waals surface area contributed by atoms with Crippen molar-refractivity contribution in [3.8, 4) is 0 Å². The fourth-order valence-electron chi connectivity index (χ4n) is 3.97. The molecule has 1 saturated carbocycles. The van der Waals surface area contributed by atoms with Gasteiger partial charge in [-0.1, -0.05) is 23.7 Å². The third-order valence-electron chi connectivity index (χ3n) is 5.49. The average molecular weight is 430 g/mol. The maximum absolute atomic E-state index is 14.5. The summed E-state index contributed by atoms with van der Waals surface area (Å²) in [7, 11) is 1.31. The average Bonchev–Trinajstić information content (AvgIpc) is 3.30. The van der Waals surface area contributed by atoms with Crippen molar-refractivity contribution in [2.45, 2.75) is 69.4 Å². The van der Waals surface area contributed by atoms with Gasteiger partial charge in [0.05, 0.1) is 11.6 Å². The number of ketones is 1. The minimum Gasteiger partial charge on any atom is -0.444 e. The number of ether oxygens (including phenoxy) is 2. The second kappa shape index (κ2) is 7.84. The number of rotatable bonds is 5. The second-order valence-corrected chi connectivity index (χ2v) is 9.23. The van der Waals surface area contributed by atoms with Gasteiger partial charge < -0.3 is 9.47 Å². The normalized spacial score (nSPS) is 25.8. The van der Waals surface area contributed by atoms with Crippen molar-refractivity contribution < 1.29 is 27.8 Å². The summed E-state index contributed by atoms with van der Waals surface area (Å²) < 4.78 is 39.6. The summed E-state index contributed by atoms with van der Waals surface area (Å²) in [6.45, 7) is 4.79. The number of hydrogen-bond donors (Lipinski definition) is 0. The van der Waals surface area contributed by atoms with Crippen molar-refractivity contribution in [2.24, 2.45) is 0 Å². The Hall–Kier alpha value is -1.73. The van der Waals surface area contributed by atoms with Crippen molar-refractivity contribution in [3.05, 3.63) is 34.6 Å². The van der Waals surface area contributed by atoms with E-state index >= 15 is 0 Å². The van der Waals surface area contributed by atoms with Gasteiger partial charge in [-0.25, -0.2) is 13.6 Å². The first-order valence-corrected chi connectivity index (χ1v) is 10.0. The fourth-order valence-corrected chi connectivity index (χ4v) is 4.14. The Morgan fingerprint density at radius 3 is 2.52 bits per heavy atom. The van der Waals surface area contributed by atoms with Gasteiger partial charge in [0, 0.05) is 18.9 Å². The van der Waals surface area contributed by atoms with Crippen LogP contribution in [-0.2, 0) is 19.7 Å². The van der Waals surface area contributed by atoms with Crippen molar-refractivity contribution in [1.29, 1.82) is 0 Å². The molecule has 0 spiro atoms. The summed E-state index contributed by atoms with van der Waals surface area (Å²) >= 11 is 5.90. The molecule has 0 radical (unpaired) electrons. The number of carbonyl (C=O) groups excluding carboxylic acids is 2. The quantitative estimate of drug-likeness (QED) is 0.694. The van der Waals surface area contributed by atoms with E-state index in [9.17, 15) is 18.4 Å². The Labute approximate surface area is 174 Å². The second-order valence-electron chi connectivity index (χ2n) is 8.82. The van der Waals surface area contributed by atoms with E-state index in [1.165, 1.54) is 13.2 Å². The third-order valence-corrected chi connectivity index (χ3v) is 5.79. The van der Waals surface area contributed by atoms with Crippen LogP contribution in [0, 0.1) is 5.82 Å². The lowest BCUT2D eigenvalue weighted by Gasteiger charge is -2.30. The number of carbonyl (C=O) groups is 2. The first-order valence-electron chi connectivity index (χ1n) is 9.63. The zero-order valence-corrected chi connectivity index (χ0v) is 17.8. The van der Waals surface area contributed by atoms with Crippen LogP contribution in [0.25, 0.3) is 0 Å². The van der Waals surface area contributed by atoms with Gasteiger partial charge in [-0.2, -0.15) is 0 Å². The molecule has 29 heavy (non-hydrogen) atoms. The van der Waals surface area contributed by atoms with Crippen molar-refractivity contribution >= 4 is 23.5 Å². The lowest BCUT2D eigenvalue weighted by atomic mass is 9.87. The summed E-state index contributed by atoms with van der Waals surface area (Å²) in [6, 6.07) is 3.59. The zero-order chi connectivity index (χ0) is 21.6. The highest BCUT2D eigenvalue weighted by atomic mass is 35.5. The molecule has 1 amide bonds. The van der Waals surface area contributed by atoms with E-state index in [2.05, 4.69) is 0 Å². The summed E-state index contributed by atoms with van der Waals surface area (Å²) in [5.41, 5.74) is -1.09. The highest BCUT2D eigenvalue weighted by Crippen LogP contribution is 2.53. The Bertz CT molecular complexity index is 806. The lowest BCUT2D eigenvalue weighted by Crippen LogP contribution is -2.48. The maximum Gasteiger partial charge on any atom is 0.411 e. The molecule has 0 aromatic heterocycles. The van der Waals surface area contributed by atoms with E-state index in [1.807, 2.05) is 0 Å². The highest BCUT2D eigenvalue weighted by Gasteiger charge is 2.54. The van der Waals surface area contributed by atoms with E-state index in [4.69, 9.17) is 21.1 Å². The van der Waals surface area contributed by atoms with Crippen molar-refractivity contribution in [2.75, 3.05) is 13.7 Å². The molecule has 0 N–H and O–H groups in total. The Morgan fingerprint density at radius 2 is 1.97 bits per heavy atom. The van der Waals surface area contributed by atoms with Crippen LogP contribution < -0.4 is 0 Å². The number of methoxy groups -OCH3 is 1. The molecular weight excluding hydrogens is 404 g/mol. The standard InChI is InChI=1S/C21H26ClF2NO4/c1-20(2,3)29-19(27)25-11-14(23)18(28-4)17(25)15(26)10-21(8-9-21)12-6-5-7-13(22)16(12)24/h5-7,14,17-18H,8-11H2,1-4H3/t14-,17+,18+/m0/s1. The maximum atomic E-state index is 14.5. The minimum absolute atomic E-state index is 0.00365. The fraction of sp³-hybridized carbons (Fsp3) is 0.619. The van der Waals surface area contributed by atoms with Gasteiger partial charge in [0.2, 0.25) is 0 Å². The summed E-state index contributed by atoms with van der Waals surface area (Å²) in [6.07, 6.45) is -2.16. The lowest BCUT2D eigenvalue weighted by molar-refractivity contribution is -0.127. The molecule has 2 aliphatic rings. The first-order chi connectivity index (χ1) is 13.5. The molecule has 1 aromatic rings. The number of halogens is 3. The molecular formula is C21H26ClF2NO4. The smallest absolute Gasteiger partial charge is 0.411 e. The molecule has 0 bridgehead atoms. The van der Waals surface area contributed by atoms with E-state index in [1.54, 1.807) is 32.9 Å². The van der Waals surface area contributed by atoms with Gasteiger partial charge >= 0.3 is 6.09 Å². The number of nitrogens with zero attached hydrogens (tertiary/aromatic N) is 1. The van der Waals surface area contributed by atoms with Crippen LogP contribution in [0.3, 0.4) is 0 Å². The SMILES string of the molecule is CO[C@H]1[C@@H](C(=O)CC2(c3cccc(Cl)c3F)CC2)N(C(=O)OC(C)(C)C)C[C@@H]1F. The van der Waals surface area contributed by atoms with Crippen molar-refractivity contribution in [1.82, 2.24) is 4.90 Å². The molecule has 2 fully saturated rings. The molecule has 3 rings (SSSR count). The van der Waals surface area contributed by atoms with Crippen LogP contribution in [0.15, 0.2) is 18.2 Å². The summed E-state index contributed by atoms with van der Waals surface area (Å²) in [4.78, 5) is 26.9. The molecule has 1 heterocycles. The van der Waals surface area contributed by atoms with E-state index in [0.717, 1.165) is 4.90 Å². The number of benzene rings is 1. The Morgan fingerprint density at radius 1 is 1.31 bits per heavy atom. The molecule has 1 aromatic carbocycles. The first kappa shape index (κ1) is 22.0. The number of alkyl halides is 1. The monoisotopic (exact) mass is 429 g/mol. The van der Waals surface area contributed by atoms with Crippen LogP contribution in [0.2, 0.25) is 5.02 Å². The van der Waals surface area contributed by atoms with Gasteiger partial charge in [-0.05, 0) is 45.2 Å². The van der Waals surface area contributed by atoms with Crippen LogP contribution in [0.1, 0.15) is 45.6 Å². The molecule has 3 atom stereocenters. The third kappa shape index (κ3) is 4.40. The largest absolute Gasteiger partial charge is 0.444 e. The molecule has 8 heteroatoms. The predicted molar refractivity (Wildman–Crippen MR) is 104 cm³/mol. The van der Waals surface area contributed by atoms with Gasteiger partial charge in [0.1, 0.15) is 29.7 Å². The highest BCUT2D eigenvalue weighted by molar-refractivity contribution is 6.30. The van der Waals surface area contributed by atoms with Gasteiger partial charge in [-0.15, -0.1) is 0 Å². The molecule has 1 saturated heterocycles. The van der Waals surface area contributed by atoms with Gasteiger partial charge in [-0.3, -0.25) is 9.69 Å². The summed E-state index contributed by atoms with van der Waals surface area (Å²) in [5.74, 6) is -0.915. The number of hydrogen-bond acceptors (Lipinski definition) is 4. The van der Waals surface area contributed by atoms with E-state index in [-0.39, 0.29) is 23.8 Å². The molecule has 160 valence electrons. The zero-order valence-electron chi connectivity index (χ0n) is 17.0. The topological polar surface area (TPSA) is 55.8 Å². The van der Waals surface area contributed by atoms with Crippen LogP contribution in [-0.4, -0.2) is 54.3 Å². The van der Waals surface area contributed by atoms with Crippen LogP contribution in [0.4, 0.5) is 13.6 Å². The minimum atomic E-state index is -1.51. The summed E-state index contributed by atoms with van der Waals surface area (Å²) in [5, 5.41) is -0.00365. The Balaban J connectivity index is 1.85. The number of likely N-dealkylation sites (tertiary alicyclic amines) is 1. The number of amides is 1. The van der Waals surface area contributed by atoms with Crippen LogP contribution >= 0.6 is 11.6 Å². The predicted octanol–water partition coefficient (Wildman–Crippen LogP) is 4.44. The Kier molecular flexibility index (Phi) is 5.94.